The quantitative estimate of drug-likeness (QED) is 0.268. The minimum absolute atomic E-state index is 0.0412. The molecular weight excluding hydrogens is 414 g/mol. The second-order valence-corrected chi connectivity index (χ2v) is 8.34. The number of rotatable bonds is 4. The summed E-state index contributed by atoms with van der Waals surface area (Å²) in [5.41, 5.74) is 6.51. The first kappa shape index (κ1) is 20.7. The number of non-ortho nitro benzene ring substituents is 1. The second kappa shape index (κ2) is 8.06. The maximum atomic E-state index is 11.4. The zero-order chi connectivity index (χ0) is 23.1. The van der Waals surface area contributed by atoms with Gasteiger partial charge in [-0.05, 0) is 42.2 Å². The van der Waals surface area contributed by atoms with Gasteiger partial charge < -0.3 is 4.74 Å². The van der Waals surface area contributed by atoms with Crippen LogP contribution in [-0.2, 0) is 6.61 Å². The molecule has 0 saturated heterocycles. The van der Waals surface area contributed by atoms with E-state index in [0.717, 1.165) is 50.1 Å². The van der Waals surface area contributed by atoms with Crippen LogP contribution in [0, 0.1) is 10.1 Å². The molecule has 0 amide bonds. The molecule has 33 heavy (non-hydrogen) atoms. The number of aromatic nitrogens is 2. The maximum Gasteiger partial charge on any atom is 0.270 e. The predicted molar refractivity (Wildman–Crippen MR) is 130 cm³/mol. The van der Waals surface area contributed by atoms with E-state index < -0.39 is 0 Å². The van der Waals surface area contributed by atoms with Crippen LogP contribution in [0.3, 0.4) is 0 Å². The zero-order valence-corrected chi connectivity index (χ0v) is 18.5. The lowest BCUT2D eigenvalue weighted by molar-refractivity contribution is -0.384. The minimum atomic E-state index is -0.378. The lowest BCUT2D eigenvalue weighted by Crippen LogP contribution is -2.02. The van der Waals surface area contributed by atoms with Crippen molar-refractivity contribution in [1.29, 1.82) is 0 Å². The van der Waals surface area contributed by atoms with Crippen LogP contribution in [0.1, 0.15) is 42.1 Å². The lowest BCUT2D eigenvalue weighted by Gasteiger charge is -2.16. The number of nitro benzene ring substituents is 1. The molecule has 1 aromatic heterocycles. The molecule has 1 aliphatic rings. The van der Waals surface area contributed by atoms with Crippen molar-refractivity contribution in [2.24, 2.45) is 0 Å². The average molecular weight is 437 g/mol. The van der Waals surface area contributed by atoms with Gasteiger partial charge in [0.15, 0.2) is 0 Å². The largest absolute Gasteiger partial charge is 0.488 e. The van der Waals surface area contributed by atoms with E-state index in [-0.39, 0.29) is 16.7 Å². The fraction of sp³-hybridized carbons (Fsp3) is 0.148. The summed E-state index contributed by atoms with van der Waals surface area (Å²) in [7, 11) is 0. The second-order valence-electron chi connectivity index (χ2n) is 8.34. The van der Waals surface area contributed by atoms with E-state index in [1.807, 2.05) is 41.2 Å². The van der Waals surface area contributed by atoms with E-state index in [9.17, 15) is 10.1 Å². The molecule has 0 unspecified atom stereocenters. The number of hydrogen-bond acceptors (Lipinski definition) is 4. The third-order valence-corrected chi connectivity index (χ3v) is 5.97. The summed E-state index contributed by atoms with van der Waals surface area (Å²) >= 11 is 0. The molecule has 0 saturated carbocycles. The monoisotopic (exact) mass is 437 g/mol. The number of nitro groups is 1. The van der Waals surface area contributed by atoms with Crippen molar-refractivity contribution in [3.63, 3.8) is 0 Å². The molecule has 0 aliphatic carbocycles. The number of allylic oxidation sites excluding steroid dienone is 2. The van der Waals surface area contributed by atoms with Gasteiger partial charge in [-0.25, -0.2) is 0 Å². The Balaban J connectivity index is 1.86. The van der Waals surface area contributed by atoms with Crippen LogP contribution >= 0.6 is 0 Å². The highest BCUT2D eigenvalue weighted by molar-refractivity contribution is 6.06. The van der Waals surface area contributed by atoms with Gasteiger partial charge in [0.1, 0.15) is 12.4 Å². The summed E-state index contributed by atoms with van der Waals surface area (Å²) in [5.74, 6) is 0.751. The standard InChI is InChI=1S/C27H23N3O3/c1-4-22(18-9-7-10-21(12-18)30(31)32)27-23-11-6-5-8-19(23)16-33-26-14-25-20(13-24(26)27)15-28-29(25)17(2)3/h4-15,17H,1,16H2,2-3H3/b27-22+. The molecule has 164 valence electrons. The molecule has 5 rings (SSSR count). The van der Waals surface area contributed by atoms with Crippen LogP contribution < -0.4 is 4.74 Å². The summed E-state index contributed by atoms with van der Waals surface area (Å²) in [6.07, 6.45) is 3.63. The van der Waals surface area contributed by atoms with E-state index in [4.69, 9.17) is 4.74 Å². The van der Waals surface area contributed by atoms with Crippen molar-refractivity contribution < 1.29 is 9.66 Å². The van der Waals surface area contributed by atoms with Crippen molar-refractivity contribution in [1.82, 2.24) is 9.78 Å². The minimum Gasteiger partial charge on any atom is -0.488 e. The molecule has 6 heteroatoms. The van der Waals surface area contributed by atoms with Crippen LogP contribution in [0.4, 0.5) is 5.69 Å². The van der Waals surface area contributed by atoms with Crippen molar-refractivity contribution in [3.8, 4) is 5.75 Å². The SMILES string of the molecule is C=C/C(=C1/c2ccccc2COc2cc3c(cnn3C(C)C)cc21)c1cccc([N+](=O)[O-])c1. The molecule has 3 aromatic carbocycles. The Morgan fingerprint density at radius 1 is 1.15 bits per heavy atom. The molecule has 4 aromatic rings. The highest BCUT2D eigenvalue weighted by Crippen LogP contribution is 2.43. The van der Waals surface area contributed by atoms with Gasteiger partial charge in [-0.3, -0.25) is 14.8 Å². The maximum absolute atomic E-state index is 11.4. The van der Waals surface area contributed by atoms with Gasteiger partial charge >= 0.3 is 0 Å². The molecule has 6 nitrogen and oxygen atoms in total. The van der Waals surface area contributed by atoms with Gasteiger partial charge in [0.2, 0.25) is 0 Å². The highest BCUT2D eigenvalue weighted by atomic mass is 16.6. The topological polar surface area (TPSA) is 70.2 Å². The highest BCUT2D eigenvalue weighted by Gasteiger charge is 2.24. The first-order valence-electron chi connectivity index (χ1n) is 10.8. The van der Waals surface area contributed by atoms with Gasteiger partial charge in [-0.15, -0.1) is 0 Å². The smallest absolute Gasteiger partial charge is 0.270 e. The molecule has 0 bridgehead atoms. The molecular formula is C27H23N3O3. The Hall–Kier alpha value is -4.19. The van der Waals surface area contributed by atoms with E-state index in [1.165, 1.54) is 6.07 Å². The number of benzene rings is 3. The number of hydrogen-bond donors (Lipinski definition) is 0. The number of ether oxygens (including phenoxy) is 1. The molecule has 0 spiro atoms. The van der Waals surface area contributed by atoms with Crippen molar-refractivity contribution >= 4 is 27.7 Å². The molecule has 2 heterocycles. The lowest BCUT2D eigenvalue weighted by atomic mass is 9.87. The molecule has 0 atom stereocenters. The van der Waals surface area contributed by atoms with Gasteiger partial charge in [-0.1, -0.05) is 49.1 Å². The van der Waals surface area contributed by atoms with Gasteiger partial charge in [0.05, 0.1) is 16.6 Å². The van der Waals surface area contributed by atoms with Crippen LogP contribution in [0.5, 0.6) is 5.75 Å². The normalized spacial score (nSPS) is 14.3. The van der Waals surface area contributed by atoms with Crippen LogP contribution in [0.2, 0.25) is 0 Å². The fourth-order valence-corrected chi connectivity index (χ4v) is 4.43. The number of nitrogens with zero attached hydrogens (tertiary/aromatic N) is 3. The summed E-state index contributed by atoms with van der Waals surface area (Å²) in [4.78, 5) is 11.1. The number of fused-ring (bicyclic) bond motifs is 3. The molecule has 0 fully saturated rings. The third-order valence-electron chi connectivity index (χ3n) is 5.97. The van der Waals surface area contributed by atoms with Crippen LogP contribution in [0.15, 0.2) is 79.5 Å². The summed E-state index contributed by atoms with van der Waals surface area (Å²) in [5, 5.41) is 17.0. The van der Waals surface area contributed by atoms with Gasteiger partial charge in [0, 0.05) is 40.8 Å². The Morgan fingerprint density at radius 2 is 1.97 bits per heavy atom. The Kier molecular flexibility index (Phi) is 5.05. The first-order valence-corrected chi connectivity index (χ1v) is 10.8. The van der Waals surface area contributed by atoms with Gasteiger partial charge in [-0.2, -0.15) is 5.10 Å². The van der Waals surface area contributed by atoms with E-state index in [0.29, 0.717) is 6.61 Å². The van der Waals surface area contributed by atoms with Crippen molar-refractivity contribution in [2.45, 2.75) is 26.5 Å². The predicted octanol–water partition coefficient (Wildman–Crippen LogP) is 6.56. The van der Waals surface area contributed by atoms with Crippen LogP contribution in [0.25, 0.3) is 22.0 Å². The van der Waals surface area contributed by atoms with E-state index in [1.54, 1.807) is 18.2 Å². The summed E-state index contributed by atoms with van der Waals surface area (Å²) in [6.45, 7) is 8.68. The zero-order valence-electron chi connectivity index (χ0n) is 18.5. The summed E-state index contributed by atoms with van der Waals surface area (Å²) in [6, 6.07) is 19.1. The Bertz CT molecular complexity index is 1450. The first-order chi connectivity index (χ1) is 16.0. The van der Waals surface area contributed by atoms with Gasteiger partial charge in [0.25, 0.3) is 5.69 Å². The fourth-order valence-electron chi connectivity index (χ4n) is 4.43. The third kappa shape index (κ3) is 3.49. The van der Waals surface area contributed by atoms with E-state index in [2.05, 4.69) is 37.7 Å². The average Bonchev–Trinajstić information content (AvgIpc) is 3.17. The molecule has 1 aliphatic heterocycles. The summed E-state index contributed by atoms with van der Waals surface area (Å²) < 4.78 is 8.27. The molecule has 0 N–H and O–H groups in total. The Morgan fingerprint density at radius 3 is 2.73 bits per heavy atom. The Labute approximate surface area is 191 Å². The van der Waals surface area contributed by atoms with Crippen molar-refractivity contribution in [3.05, 3.63) is 112 Å². The van der Waals surface area contributed by atoms with E-state index >= 15 is 0 Å². The van der Waals surface area contributed by atoms with Crippen molar-refractivity contribution in [2.75, 3.05) is 0 Å². The van der Waals surface area contributed by atoms with Crippen LogP contribution in [-0.4, -0.2) is 14.7 Å². The molecule has 0 radical (unpaired) electrons.